The van der Waals surface area contributed by atoms with Crippen LogP contribution < -0.4 is 16.4 Å². The Morgan fingerprint density at radius 1 is 1.50 bits per heavy atom. The molecule has 0 aliphatic carbocycles. The molecule has 2 aromatic heterocycles. The topological polar surface area (TPSA) is 111 Å². The molecule has 0 saturated carbocycles. The van der Waals surface area contributed by atoms with Crippen molar-refractivity contribution in [2.45, 2.75) is 26.9 Å². The Morgan fingerprint density at radius 3 is 3.00 bits per heavy atom. The summed E-state index contributed by atoms with van der Waals surface area (Å²) in [6, 6.07) is 0. The molecule has 0 aliphatic rings. The minimum Gasteiger partial charge on any atom is -0.382 e. The Kier molecular flexibility index (Phi) is 4.51. The summed E-state index contributed by atoms with van der Waals surface area (Å²) >= 11 is 1.24. The number of aromatic nitrogens is 4. The molecule has 0 saturated heterocycles. The summed E-state index contributed by atoms with van der Waals surface area (Å²) in [6.07, 6.45) is 1.63. The molecule has 2 heterocycles. The smallest absolute Gasteiger partial charge is 0.265 e. The Morgan fingerprint density at radius 2 is 2.30 bits per heavy atom. The fourth-order valence-corrected chi connectivity index (χ4v) is 2.51. The van der Waals surface area contributed by atoms with Crippen LogP contribution in [0.25, 0.3) is 0 Å². The molecule has 0 atom stereocenters. The van der Waals surface area contributed by atoms with Gasteiger partial charge in [0.15, 0.2) is 11.0 Å². The van der Waals surface area contributed by atoms with E-state index < -0.39 is 0 Å². The minimum atomic E-state index is -0.255. The van der Waals surface area contributed by atoms with E-state index in [0.717, 1.165) is 13.1 Å². The van der Waals surface area contributed by atoms with Crippen LogP contribution in [-0.2, 0) is 13.1 Å². The highest BCUT2D eigenvalue weighted by molar-refractivity contribution is 7.18. The maximum Gasteiger partial charge on any atom is 0.265 e. The lowest BCUT2D eigenvalue weighted by Gasteiger charge is -2.04. The van der Waals surface area contributed by atoms with Crippen molar-refractivity contribution in [2.75, 3.05) is 17.6 Å². The molecule has 0 aromatic carbocycles. The molecular formula is C11H17N7OS. The van der Waals surface area contributed by atoms with Crippen LogP contribution in [0, 0.1) is 0 Å². The van der Waals surface area contributed by atoms with E-state index in [1.54, 1.807) is 6.33 Å². The van der Waals surface area contributed by atoms with Gasteiger partial charge in [0.05, 0.1) is 6.54 Å². The SMILES string of the molecule is CCNc1nc(N)c(C(=O)NCc2nncn2CC)s1. The minimum absolute atomic E-state index is 0.236. The van der Waals surface area contributed by atoms with Crippen molar-refractivity contribution in [1.29, 1.82) is 0 Å². The standard InChI is InChI=1S/C11H17N7OS/c1-3-13-11-16-9(12)8(20-11)10(19)14-5-7-17-15-6-18(7)4-2/h6H,3-5,12H2,1-2H3,(H,13,16)(H,14,19). The number of anilines is 2. The van der Waals surface area contributed by atoms with Gasteiger partial charge in [0.1, 0.15) is 17.0 Å². The molecule has 2 aromatic rings. The van der Waals surface area contributed by atoms with E-state index in [0.29, 0.717) is 22.4 Å². The molecule has 108 valence electrons. The molecule has 0 aliphatic heterocycles. The molecule has 0 unspecified atom stereocenters. The van der Waals surface area contributed by atoms with E-state index >= 15 is 0 Å². The van der Waals surface area contributed by atoms with E-state index in [-0.39, 0.29) is 11.7 Å². The lowest BCUT2D eigenvalue weighted by Crippen LogP contribution is -2.24. The van der Waals surface area contributed by atoms with Gasteiger partial charge in [-0.2, -0.15) is 0 Å². The van der Waals surface area contributed by atoms with Crippen LogP contribution in [0.15, 0.2) is 6.33 Å². The summed E-state index contributed by atoms with van der Waals surface area (Å²) in [5.41, 5.74) is 5.74. The average Bonchev–Trinajstić information content (AvgIpc) is 3.02. The fourth-order valence-electron chi connectivity index (χ4n) is 1.64. The average molecular weight is 295 g/mol. The van der Waals surface area contributed by atoms with E-state index in [1.807, 2.05) is 18.4 Å². The molecule has 20 heavy (non-hydrogen) atoms. The number of carbonyl (C=O) groups excluding carboxylic acids is 1. The van der Waals surface area contributed by atoms with Crippen molar-refractivity contribution >= 4 is 28.2 Å². The van der Waals surface area contributed by atoms with Gasteiger partial charge in [0, 0.05) is 13.1 Å². The van der Waals surface area contributed by atoms with Crippen LogP contribution >= 0.6 is 11.3 Å². The summed E-state index contributed by atoms with van der Waals surface area (Å²) in [7, 11) is 0. The first-order valence-electron chi connectivity index (χ1n) is 6.30. The Bertz CT molecular complexity index is 591. The molecular weight excluding hydrogens is 278 g/mol. The van der Waals surface area contributed by atoms with Gasteiger partial charge in [0.25, 0.3) is 5.91 Å². The normalized spacial score (nSPS) is 10.5. The van der Waals surface area contributed by atoms with Crippen LogP contribution in [0.3, 0.4) is 0 Å². The maximum atomic E-state index is 12.1. The van der Waals surface area contributed by atoms with Crippen LogP contribution in [0.5, 0.6) is 0 Å². The molecule has 1 amide bonds. The van der Waals surface area contributed by atoms with Gasteiger partial charge < -0.3 is 20.9 Å². The highest BCUT2D eigenvalue weighted by atomic mass is 32.1. The van der Waals surface area contributed by atoms with Gasteiger partial charge in [-0.05, 0) is 13.8 Å². The van der Waals surface area contributed by atoms with E-state index in [1.165, 1.54) is 11.3 Å². The molecule has 2 rings (SSSR count). The summed E-state index contributed by atoms with van der Waals surface area (Å²) in [5, 5.41) is 14.2. The van der Waals surface area contributed by atoms with Crippen molar-refractivity contribution in [1.82, 2.24) is 25.1 Å². The predicted molar refractivity (Wildman–Crippen MR) is 77.6 cm³/mol. The number of hydrogen-bond donors (Lipinski definition) is 3. The predicted octanol–water partition coefficient (Wildman–Crippen LogP) is 0.698. The molecule has 0 spiro atoms. The molecule has 4 N–H and O–H groups in total. The van der Waals surface area contributed by atoms with Crippen molar-refractivity contribution in [3.63, 3.8) is 0 Å². The van der Waals surface area contributed by atoms with E-state index in [9.17, 15) is 4.79 Å². The molecule has 0 bridgehead atoms. The van der Waals surface area contributed by atoms with Crippen LogP contribution in [-0.4, -0.2) is 32.2 Å². The van der Waals surface area contributed by atoms with E-state index in [4.69, 9.17) is 5.73 Å². The first kappa shape index (κ1) is 14.3. The van der Waals surface area contributed by atoms with Gasteiger partial charge in [-0.1, -0.05) is 11.3 Å². The largest absolute Gasteiger partial charge is 0.382 e. The lowest BCUT2D eigenvalue weighted by atomic mass is 10.4. The second kappa shape index (κ2) is 6.33. The number of nitrogen functional groups attached to an aromatic ring is 1. The zero-order valence-electron chi connectivity index (χ0n) is 11.4. The quantitative estimate of drug-likeness (QED) is 0.723. The Hall–Kier alpha value is -2.16. The number of nitrogens with one attached hydrogen (secondary N) is 2. The lowest BCUT2D eigenvalue weighted by molar-refractivity contribution is 0.0954. The number of amides is 1. The maximum absolute atomic E-state index is 12.1. The van der Waals surface area contributed by atoms with E-state index in [2.05, 4.69) is 25.8 Å². The summed E-state index contributed by atoms with van der Waals surface area (Å²) in [6.45, 7) is 5.73. The summed E-state index contributed by atoms with van der Waals surface area (Å²) in [4.78, 5) is 16.6. The Balaban J connectivity index is 2.01. The number of hydrogen-bond acceptors (Lipinski definition) is 7. The van der Waals surface area contributed by atoms with Gasteiger partial charge in [-0.25, -0.2) is 4.98 Å². The van der Waals surface area contributed by atoms with Gasteiger partial charge in [-0.3, -0.25) is 4.79 Å². The number of nitrogens with zero attached hydrogens (tertiary/aromatic N) is 4. The zero-order chi connectivity index (χ0) is 14.5. The number of rotatable bonds is 6. The van der Waals surface area contributed by atoms with Crippen molar-refractivity contribution in [2.24, 2.45) is 0 Å². The third kappa shape index (κ3) is 3.05. The van der Waals surface area contributed by atoms with Crippen LogP contribution in [0.2, 0.25) is 0 Å². The van der Waals surface area contributed by atoms with Gasteiger partial charge in [-0.15, -0.1) is 10.2 Å². The number of carbonyl (C=O) groups is 1. The van der Waals surface area contributed by atoms with Crippen molar-refractivity contribution in [3.8, 4) is 0 Å². The van der Waals surface area contributed by atoms with Crippen molar-refractivity contribution < 1.29 is 4.79 Å². The first-order chi connectivity index (χ1) is 9.65. The number of thiazole rings is 1. The number of nitrogens with two attached hydrogens (primary N) is 1. The number of aryl methyl sites for hydroxylation is 1. The molecule has 0 radical (unpaired) electrons. The highest BCUT2D eigenvalue weighted by Crippen LogP contribution is 2.24. The zero-order valence-corrected chi connectivity index (χ0v) is 12.2. The third-order valence-electron chi connectivity index (χ3n) is 2.63. The van der Waals surface area contributed by atoms with Crippen molar-refractivity contribution in [3.05, 3.63) is 17.0 Å². The highest BCUT2D eigenvalue weighted by Gasteiger charge is 2.16. The second-order valence-electron chi connectivity index (χ2n) is 3.98. The van der Waals surface area contributed by atoms with Crippen LogP contribution in [0.4, 0.5) is 10.9 Å². The molecule has 8 nitrogen and oxygen atoms in total. The Labute approximate surface area is 120 Å². The third-order valence-corrected chi connectivity index (χ3v) is 3.66. The van der Waals surface area contributed by atoms with Gasteiger partial charge in [0.2, 0.25) is 0 Å². The second-order valence-corrected chi connectivity index (χ2v) is 4.98. The summed E-state index contributed by atoms with van der Waals surface area (Å²) in [5.74, 6) is 0.686. The molecule has 9 heteroatoms. The fraction of sp³-hybridized carbons (Fsp3) is 0.455. The van der Waals surface area contributed by atoms with Gasteiger partial charge >= 0.3 is 0 Å². The van der Waals surface area contributed by atoms with Crippen LogP contribution in [0.1, 0.15) is 29.3 Å². The first-order valence-corrected chi connectivity index (χ1v) is 7.12. The molecule has 0 fully saturated rings. The monoisotopic (exact) mass is 295 g/mol. The summed E-state index contributed by atoms with van der Waals surface area (Å²) < 4.78 is 1.86.